The summed E-state index contributed by atoms with van der Waals surface area (Å²) in [6.45, 7) is 20.8. The first-order valence-corrected chi connectivity index (χ1v) is 13.7. The molecule has 190 valence electrons. The molecule has 0 atom stereocenters. The van der Waals surface area contributed by atoms with E-state index in [1.165, 1.54) is 77.0 Å². The molecule has 0 radical (unpaired) electrons. The molecule has 2 aromatic heterocycles. The van der Waals surface area contributed by atoms with Gasteiger partial charge in [0.1, 0.15) is 0 Å². The molecule has 0 aliphatic carbocycles. The quantitative estimate of drug-likeness (QED) is 0.215. The Morgan fingerprint density at radius 1 is 0.816 bits per heavy atom. The lowest BCUT2D eigenvalue weighted by molar-refractivity contribution is 0.413. The van der Waals surface area contributed by atoms with Gasteiger partial charge < -0.3 is 4.40 Å². The minimum Gasteiger partial charge on any atom is -0.308 e. The topological polar surface area (TPSA) is 4.41 Å². The van der Waals surface area contributed by atoms with Gasteiger partial charge in [0.05, 0.1) is 16.6 Å². The van der Waals surface area contributed by atoms with Gasteiger partial charge in [-0.25, -0.2) is 0 Å². The molecule has 0 N–H and O–H groups in total. The van der Waals surface area contributed by atoms with Crippen LogP contribution in [0.25, 0.3) is 50.2 Å². The smallest absolute Gasteiger partial charge is 0.0628 e. The average Bonchev–Trinajstić information content (AvgIpc) is 3.21. The van der Waals surface area contributed by atoms with Crippen LogP contribution in [0.15, 0.2) is 72.8 Å². The molecule has 0 amide bonds. The Balaban J connectivity index is 1.97. The van der Waals surface area contributed by atoms with Gasteiger partial charge in [0.25, 0.3) is 0 Å². The van der Waals surface area contributed by atoms with Gasteiger partial charge in [-0.3, -0.25) is 0 Å². The maximum absolute atomic E-state index is 4.83. The molecule has 6 aromatic rings. The summed E-state index contributed by atoms with van der Waals surface area (Å²) in [6.07, 6.45) is 3.28. The van der Waals surface area contributed by atoms with E-state index in [9.17, 15) is 0 Å². The normalized spacial score (nSPS) is 13.0. The Kier molecular flexibility index (Phi) is 5.54. The van der Waals surface area contributed by atoms with Crippen LogP contribution in [0.3, 0.4) is 0 Å². The molecule has 0 saturated heterocycles. The predicted octanol–water partition coefficient (Wildman–Crippen LogP) is 9.49. The Hall–Kier alpha value is -3.84. The molecule has 1 nitrogen and oxygen atoms in total. The van der Waals surface area contributed by atoms with E-state index in [-0.39, 0.29) is 5.41 Å². The molecule has 0 spiro atoms. The molecule has 6 rings (SSSR count). The first-order valence-electron chi connectivity index (χ1n) is 13.7. The zero-order valence-electron chi connectivity index (χ0n) is 23.8. The summed E-state index contributed by atoms with van der Waals surface area (Å²) in [5, 5.41) is 6.39. The van der Waals surface area contributed by atoms with E-state index in [1.54, 1.807) is 0 Å². The minimum absolute atomic E-state index is 0.153. The van der Waals surface area contributed by atoms with Gasteiger partial charge in [-0.2, -0.15) is 0 Å². The molecule has 0 fully saturated rings. The first-order chi connectivity index (χ1) is 18.1. The van der Waals surface area contributed by atoms with E-state index in [2.05, 4.69) is 126 Å². The summed E-state index contributed by atoms with van der Waals surface area (Å²) in [6, 6.07) is 24.6. The lowest BCUT2D eigenvalue weighted by atomic mass is 9.82. The highest BCUT2D eigenvalue weighted by Gasteiger charge is 2.25. The summed E-state index contributed by atoms with van der Waals surface area (Å²) in [4.78, 5) is 0. The predicted molar refractivity (Wildman–Crippen MR) is 167 cm³/mol. The monoisotopic (exact) mass is 495 g/mol. The zero-order valence-corrected chi connectivity index (χ0v) is 23.8. The van der Waals surface area contributed by atoms with Crippen LogP contribution in [0.1, 0.15) is 61.1 Å². The van der Waals surface area contributed by atoms with Crippen molar-refractivity contribution >= 4 is 50.2 Å². The van der Waals surface area contributed by atoms with E-state index in [1.807, 2.05) is 0 Å². The average molecular weight is 496 g/mol. The zero-order chi connectivity index (χ0) is 26.9. The molecule has 2 heterocycles. The van der Waals surface area contributed by atoms with Gasteiger partial charge in [-0.1, -0.05) is 88.0 Å². The number of fused-ring (bicyclic) bond motifs is 5. The van der Waals surface area contributed by atoms with E-state index in [0.29, 0.717) is 0 Å². The Morgan fingerprint density at radius 2 is 1.50 bits per heavy atom. The maximum atomic E-state index is 4.83. The van der Waals surface area contributed by atoms with Crippen LogP contribution >= 0.6 is 0 Å². The van der Waals surface area contributed by atoms with Gasteiger partial charge in [0, 0.05) is 21.5 Å². The van der Waals surface area contributed by atoms with Crippen molar-refractivity contribution in [2.45, 2.75) is 54.9 Å². The molecular formula is C37H37N. The van der Waals surface area contributed by atoms with Crippen LogP contribution in [0.5, 0.6) is 0 Å². The van der Waals surface area contributed by atoms with E-state index >= 15 is 0 Å². The summed E-state index contributed by atoms with van der Waals surface area (Å²) in [5.74, 6) is 0. The van der Waals surface area contributed by atoms with Gasteiger partial charge in [-0.15, -0.1) is 0 Å². The summed E-state index contributed by atoms with van der Waals surface area (Å²) < 4.78 is 2.56. The van der Waals surface area contributed by atoms with Crippen LogP contribution in [0, 0.1) is 26.2 Å². The highest BCUT2D eigenvalue weighted by molar-refractivity contribution is 6.21. The van der Waals surface area contributed by atoms with Crippen molar-refractivity contribution in [2.75, 3.05) is 0 Å². The highest BCUT2D eigenvalue weighted by Crippen LogP contribution is 2.42. The lowest BCUT2D eigenvalue weighted by Gasteiger charge is -2.23. The Bertz CT molecular complexity index is 1960. The summed E-state index contributed by atoms with van der Waals surface area (Å²) in [7, 11) is 0. The number of aromatic nitrogens is 1. The third kappa shape index (κ3) is 3.52. The summed E-state index contributed by atoms with van der Waals surface area (Å²) in [5.41, 5.74) is 13.2. The van der Waals surface area contributed by atoms with Crippen molar-refractivity contribution < 1.29 is 0 Å². The van der Waals surface area contributed by atoms with Crippen molar-refractivity contribution in [2.24, 2.45) is 5.41 Å². The third-order valence-electron chi connectivity index (χ3n) is 8.24. The van der Waals surface area contributed by atoms with Crippen molar-refractivity contribution in [3.8, 4) is 0 Å². The Labute approximate surface area is 226 Å². The van der Waals surface area contributed by atoms with E-state index in [0.717, 1.165) is 11.6 Å². The second kappa shape index (κ2) is 8.60. The Morgan fingerprint density at radius 3 is 2.18 bits per heavy atom. The van der Waals surface area contributed by atoms with Crippen LogP contribution < -0.4 is 5.22 Å². The van der Waals surface area contributed by atoms with Crippen LogP contribution in [0.2, 0.25) is 0 Å². The number of aryl methyl sites for hydroxylation is 3. The van der Waals surface area contributed by atoms with Crippen molar-refractivity contribution in [3.05, 3.63) is 111 Å². The molecule has 0 aliphatic rings. The number of allylic oxidation sites excluding steroid dienone is 1. The highest BCUT2D eigenvalue weighted by atomic mass is 14.9. The molecule has 1 heteroatoms. The SMILES string of the molecule is C=c1c2c(C)c(C)cc(C)c2n2c3ccccc3c3c(CC(C)(C)C)cc(/C(=C\C)c4ccccc4)c1c32. The molecule has 38 heavy (non-hydrogen) atoms. The van der Waals surface area contributed by atoms with Gasteiger partial charge in [-0.05, 0) is 95.8 Å². The number of rotatable bonds is 3. The molecule has 0 aliphatic heterocycles. The standard InChI is InChI=1S/C37H37N/c1-9-28(26-15-11-10-12-16-26)30-20-27(21-37(6,7)8)34-29-17-13-14-18-31(29)38-35-23(3)19-22(2)24(4)32(35)25(5)33(30)36(34)38/h9-20H,5,21H2,1-4,6-8H3/b28-9-. The second-order valence-corrected chi connectivity index (χ2v) is 12.2. The molecule has 0 unspecified atom stereocenters. The lowest BCUT2D eigenvalue weighted by Crippen LogP contribution is -2.14. The maximum Gasteiger partial charge on any atom is 0.0628 e. The molecular weight excluding hydrogens is 458 g/mol. The summed E-state index contributed by atoms with van der Waals surface area (Å²) >= 11 is 0. The fraction of sp³-hybridized carbons (Fsp3) is 0.243. The largest absolute Gasteiger partial charge is 0.308 e. The fourth-order valence-electron chi connectivity index (χ4n) is 6.66. The van der Waals surface area contributed by atoms with Crippen molar-refractivity contribution in [3.63, 3.8) is 0 Å². The second-order valence-electron chi connectivity index (χ2n) is 12.2. The minimum atomic E-state index is 0.153. The fourth-order valence-corrected chi connectivity index (χ4v) is 6.66. The van der Waals surface area contributed by atoms with Gasteiger partial charge in [0.2, 0.25) is 0 Å². The van der Waals surface area contributed by atoms with Gasteiger partial charge in [0.15, 0.2) is 0 Å². The molecule has 0 bridgehead atoms. The van der Waals surface area contributed by atoms with Crippen LogP contribution in [-0.4, -0.2) is 4.40 Å². The number of pyridine rings is 1. The van der Waals surface area contributed by atoms with Gasteiger partial charge >= 0.3 is 0 Å². The van der Waals surface area contributed by atoms with Crippen molar-refractivity contribution in [1.82, 2.24) is 4.40 Å². The van der Waals surface area contributed by atoms with Crippen LogP contribution in [-0.2, 0) is 6.42 Å². The molecule has 4 aromatic carbocycles. The van der Waals surface area contributed by atoms with E-state index in [4.69, 9.17) is 6.58 Å². The first kappa shape index (κ1) is 24.5. The van der Waals surface area contributed by atoms with Crippen molar-refractivity contribution in [1.29, 1.82) is 0 Å². The third-order valence-corrected chi connectivity index (χ3v) is 8.24. The van der Waals surface area contributed by atoms with Crippen LogP contribution in [0.4, 0.5) is 0 Å². The number of hydrogen-bond acceptors (Lipinski definition) is 0. The number of para-hydroxylation sites is 1. The number of hydrogen-bond donors (Lipinski definition) is 0. The number of nitrogens with zero attached hydrogens (tertiary/aromatic N) is 1. The van der Waals surface area contributed by atoms with E-state index < -0.39 is 0 Å². The number of benzene rings is 4. The molecule has 0 saturated carbocycles.